The van der Waals surface area contributed by atoms with Crippen LogP contribution in [0.15, 0.2) is 47.3 Å². The van der Waals surface area contributed by atoms with Gasteiger partial charge in [0, 0.05) is 38.3 Å². The highest BCUT2D eigenvalue weighted by Crippen LogP contribution is 2.27. The lowest BCUT2D eigenvalue weighted by Gasteiger charge is -2.23. The average Bonchev–Trinajstić information content (AvgIpc) is 3.32. The maximum absolute atomic E-state index is 13.3. The van der Waals surface area contributed by atoms with Gasteiger partial charge >= 0.3 is 5.97 Å². The van der Waals surface area contributed by atoms with Gasteiger partial charge in [0.25, 0.3) is 5.91 Å². The number of carbonyl (C=O) groups is 2. The molecule has 0 saturated carbocycles. The van der Waals surface area contributed by atoms with Crippen LogP contribution in [0.4, 0.5) is 5.95 Å². The zero-order chi connectivity index (χ0) is 25.0. The maximum atomic E-state index is 13.3. The number of rotatable bonds is 7. The fourth-order valence-corrected chi connectivity index (χ4v) is 3.70. The fraction of sp³-hybridized carbons (Fsp3) is 0.360. The van der Waals surface area contributed by atoms with E-state index in [1.54, 1.807) is 57.0 Å². The summed E-state index contributed by atoms with van der Waals surface area (Å²) in [7, 11) is 5.29. The van der Waals surface area contributed by atoms with Crippen LogP contribution in [0, 0.1) is 5.41 Å². The van der Waals surface area contributed by atoms with Crippen LogP contribution in [0.1, 0.15) is 42.8 Å². The molecule has 1 atom stereocenters. The predicted molar refractivity (Wildman–Crippen MR) is 133 cm³/mol. The minimum Gasteiger partial charge on any atom is -0.426 e. The van der Waals surface area contributed by atoms with E-state index >= 15 is 0 Å². The number of nitrogens with zero attached hydrogens (tertiary/aromatic N) is 4. The SMILES string of the molecule is CN(CC(O)c1cccc(OC(=O)C(C)(C)C)c1)C(=O)c1cnc(N(C)C)nc1-c1ccsc1. The van der Waals surface area contributed by atoms with E-state index in [1.165, 1.54) is 22.4 Å². The molecule has 180 valence electrons. The molecule has 1 unspecified atom stereocenters. The summed E-state index contributed by atoms with van der Waals surface area (Å²) in [6.07, 6.45) is 0.543. The Kier molecular flexibility index (Phi) is 7.68. The summed E-state index contributed by atoms with van der Waals surface area (Å²) in [5.41, 5.74) is 1.62. The molecule has 8 nitrogen and oxygen atoms in total. The standard InChI is InChI=1S/C25H30N4O4S/c1-25(2,3)23(32)33-18-9-7-8-16(12-18)20(30)14-29(6)22(31)19-13-26-24(28(4)5)27-21(19)17-10-11-34-15-17/h7-13,15,20,30H,14H2,1-6H3. The van der Waals surface area contributed by atoms with Crippen molar-refractivity contribution in [3.63, 3.8) is 0 Å². The van der Waals surface area contributed by atoms with Crippen molar-refractivity contribution in [2.45, 2.75) is 26.9 Å². The molecule has 0 saturated heterocycles. The van der Waals surface area contributed by atoms with Crippen molar-refractivity contribution in [3.05, 3.63) is 58.4 Å². The molecule has 0 bridgehead atoms. The molecule has 0 spiro atoms. The van der Waals surface area contributed by atoms with Crippen LogP contribution < -0.4 is 9.64 Å². The number of anilines is 1. The van der Waals surface area contributed by atoms with Gasteiger partial charge in [-0.2, -0.15) is 11.3 Å². The number of benzene rings is 1. The van der Waals surface area contributed by atoms with E-state index in [1.807, 2.05) is 30.9 Å². The minimum absolute atomic E-state index is 0.0357. The summed E-state index contributed by atoms with van der Waals surface area (Å²) in [4.78, 5) is 37.6. The second-order valence-corrected chi connectivity index (χ2v) is 10.0. The highest BCUT2D eigenvalue weighted by molar-refractivity contribution is 7.08. The summed E-state index contributed by atoms with van der Waals surface area (Å²) in [6, 6.07) is 8.60. The third-order valence-corrected chi connectivity index (χ3v) is 5.74. The molecule has 9 heteroatoms. The van der Waals surface area contributed by atoms with Crippen molar-refractivity contribution in [1.29, 1.82) is 0 Å². The van der Waals surface area contributed by atoms with Gasteiger partial charge in [-0.15, -0.1) is 0 Å². The number of hydrogen-bond donors (Lipinski definition) is 1. The molecule has 1 N–H and O–H groups in total. The number of amides is 1. The lowest BCUT2D eigenvalue weighted by Crippen LogP contribution is -2.32. The smallest absolute Gasteiger partial charge is 0.316 e. The Morgan fingerprint density at radius 3 is 2.53 bits per heavy atom. The Morgan fingerprint density at radius 1 is 1.18 bits per heavy atom. The third-order valence-electron chi connectivity index (χ3n) is 5.06. The van der Waals surface area contributed by atoms with Crippen molar-refractivity contribution in [1.82, 2.24) is 14.9 Å². The molecule has 2 heterocycles. The van der Waals surface area contributed by atoms with E-state index in [0.717, 1.165) is 5.56 Å². The molecule has 0 aliphatic carbocycles. The van der Waals surface area contributed by atoms with E-state index in [0.29, 0.717) is 28.5 Å². The van der Waals surface area contributed by atoms with E-state index in [4.69, 9.17) is 4.74 Å². The second kappa shape index (κ2) is 10.3. The summed E-state index contributed by atoms with van der Waals surface area (Å²) < 4.78 is 5.43. The topological polar surface area (TPSA) is 95.9 Å². The van der Waals surface area contributed by atoms with Gasteiger partial charge in [0.15, 0.2) is 0 Å². The number of esters is 1. The fourth-order valence-electron chi connectivity index (χ4n) is 3.06. The Morgan fingerprint density at radius 2 is 1.91 bits per heavy atom. The van der Waals surface area contributed by atoms with Gasteiger partial charge in [-0.25, -0.2) is 9.97 Å². The zero-order valence-electron chi connectivity index (χ0n) is 20.3. The zero-order valence-corrected chi connectivity index (χ0v) is 21.1. The van der Waals surface area contributed by atoms with E-state index < -0.39 is 11.5 Å². The first-order valence-electron chi connectivity index (χ1n) is 10.8. The maximum Gasteiger partial charge on any atom is 0.316 e. The number of carbonyl (C=O) groups excluding carboxylic acids is 2. The lowest BCUT2D eigenvalue weighted by atomic mass is 9.97. The van der Waals surface area contributed by atoms with Gasteiger partial charge in [-0.3, -0.25) is 9.59 Å². The molecular formula is C25H30N4O4S. The molecule has 0 aliphatic rings. The molecule has 34 heavy (non-hydrogen) atoms. The quantitative estimate of drug-likeness (QED) is 0.401. The summed E-state index contributed by atoms with van der Waals surface area (Å²) in [6.45, 7) is 5.35. The minimum atomic E-state index is -0.978. The Hall–Kier alpha value is -3.30. The normalized spacial score (nSPS) is 12.2. The van der Waals surface area contributed by atoms with Gasteiger partial charge in [0.1, 0.15) is 5.75 Å². The molecule has 3 aromatic rings. The number of aliphatic hydroxyl groups is 1. The molecular weight excluding hydrogens is 452 g/mol. The van der Waals surface area contributed by atoms with Gasteiger partial charge in [0.05, 0.1) is 29.3 Å². The first-order chi connectivity index (χ1) is 16.0. The van der Waals surface area contributed by atoms with Crippen molar-refractivity contribution in [3.8, 4) is 17.0 Å². The van der Waals surface area contributed by atoms with Crippen molar-refractivity contribution in [2.24, 2.45) is 5.41 Å². The van der Waals surface area contributed by atoms with Crippen molar-refractivity contribution in [2.75, 3.05) is 32.6 Å². The van der Waals surface area contributed by atoms with E-state index in [-0.39, 0.29) is 18.4 Å². The van der Waals surface area contributed by atoms with Gasteiger partial charge < -0.3 is 19.6 Å². The molecule has 0 radical (unpaired) electrons. The molecule has 1 amide bonds. The number of likely N-dealkylation sites (N-methyl/N-ethyl adjacent to an activating group) is 1. The van der Waals surface area contributed by atoms with Gasteiger partial charge in [-0.05, 0) is 49.9 Å². The highest BCUT2D eigenvalue weighted by Gasteiger charge is 2.25. The number of ether oxygens (including phenoxy) is 1. The summed E-state index contributed by atoms with van der Waals surface area (Å²) in [5.74, 6) is 0.175. The monoisotopic (exact) mass is 482 g/mol. The number of thiophene rings is 1. The number of aliphatic hydroxyl groups excluding tert-OH is 1. The first-order valence-corrected chi connectivity index (χ1v) is 11.7. The first kappa shape index (κ1) is 25.3. The number of hydrogen-bond acceptors (Lipinski definition) is 8. The molecule has 3 rings (SSSR count). The Balaban J connectivity index is 1.79. The van der Waals surface area contributed by atoms with Crippen molar-refractivity contribution < 1.29 is 19.4 Å². The summed E-state index contributed by atoms with van der Waals surface area (Å²) in [5, 5.41) is 14.7. The van der Waals surface area contributed by atoms with Crippen LogP contribution in [0.5, 0.6) is 5.75 Å². The van der Waals surface area contributed by atoms with Crippen LogP contribution in [0.3, 0.4) is 0 Å². The highest BCUT2D eigenvalue weighted by atomic mass is 32.1. The van der Waals surface area contributed by atoms with Crippen LogP contribution in [0.2, 0.25) is 0 Å². The Bertz CT molecular complexity index is 1160. The predicted octanol–water partition coefficient (Wildman–Crippen LogP) is 4.03. The van der Waals surface area contributed by atoms with Crippen LogP contribution in [-0.4, -0.2) is 59.5 Å². The Labute approximate surface area is 203 Å². The van der Waals surface area contributed by atoms with Gasteiger partial charge in [-0.1, -0.05) is 12.1 Å². The van der Waals surface area contributed by atoms with Gasteiger partial charge in [0.2, 0.25) is 5.95 Å². The lowest BCUT2D eigenvalue weighted by molar-refractivity contribution is -0.143. The third kappa shape index (κ3) is 5.98. The molecule has 1 aromatic carbocycles. The van der Waals surface area contributed by atoms with Crippen LogP contribution in [0.25, 0.3) is 11.3 Å². The summed E-state index contributed by atoms with van der Waals surface area (Å²) >= 11 is 1.52. The average molecular weight is 483 g/mol. The van der Waals surface area contributed by atoms with Crippen molar-refractivity contribution >= 4 is 29.2 Å². The molecule has 0 fully saturated rings. The number of aromatic nitrogens is 2. The van der Waals surface area contributed by atoms with E-state index in [9.17, 15) is 14.7 Å². The van der Waals surface area contributed by atoms with Crippen LogP contribution >= 0.6 is 11.3 Å². The second-order valence-electron chi connectivity index (χ2n) is 9.25. The van der Waals surface area contributed by atoms with Crippen LogP contribution in [-0.2, 0) is 4.79 Å². The molecule has 0 aliphatic heterocycles. The molecule has 2 aromatic heterocycles. The largest absolute Gasteiger partial charge is 0.426 e. The van der Waals surface area contributed by atoms with E-state index in [2.05, 4.69) is 9.97 Å².